The number of nitrogens with one attached hydrogen (secondary N) is 2. The van der Waals surface area contributed by atoms with Gasteiger partial charge >= 0.3 is 0 Å². The highest BCUT2D eigenvalue weighted by Crippen LogP contribution is 2.20. The number of ether oxygens (including phenoxy) is 2. The third-order valence-electron chi connectivity index (χ3n) is 4.05. The molecule has 2 N–H and O–H groups in total. The summed E-state index contributed by atoms with van der Waals surface area (Å²) in [5, 5.41) is 7.31. The van der Waals surface area contributed by atoms with Gasteiger partial charge in [0.05, 0.1) is 11.0 Å². The number of hydrogen-bond donors (Lipinski definition) is 2. The molecule has 0 bridgehead atoms. The molecular weight excluding hydrogens is 352 g/mol. The van der Waals surface area contributed by atoms with Crippen LogP contribution in [0.25, 0.3) is 0 Å². The minimum Gasteiger partial charge on any atom is -0.491 e. The number of carbonyl (C=O) groups excluding carboxylic acids is 2. The summed E-state index contributed by atoms with van der Waals surface area (Å²) in [7, 11) is 0. The standard InChI is InChI=1S/C19H22N2O4S/c1-13(20-19(23)17-8-4-10-26-17)18(22)21-14-5-2-6-15(11-14)25-12-16-7-3-9-24-16/h2,4-6,8,10-11,13,16H,3,7,9,12H2,1H3,(H,20,23)(H,21,22). The van der Waals surface area contributed by atoms with Crippen LogP contribution < -0.4 is 15.4 Å². The molecule has 1 fully saturated rings. The van der Waals surface area contributed by atoms with Crippen LogP contribution in [-0.2, 0) is 9.53 Å². The molecule has 2 unspecified atom stereocenters. The van der Waals surface area contributed by atoms with Crippen LogP contribution >= 0.6 is 11.3 Å². The molecule has 1 saturated heterocycles. The Kier molecular flexibility index (Phi) is 6.25. The van der Waals surface area contributed by atoms with Gasteiger partial charge in [-0.2, -0.15) is 0 Å². The molecule has 0 saturated carbocycles. The van der Waals surface area contributed by atoms with E-state index in [0.717, 1.165) is 19.4 Å². The normalized spacial score (nSPS) is 17.5. The smallest absolute Gasteiger partial charge is 0.261 e. The summed E-state index contributed by atoms with van der Waals surface area (Å²) in [5.41, 5.74) is 0.622. The predicted octanol–water partition coefficient (Wildman–Crippen LogP) is 3.06. The van der Waals surface area contributed by atoms with Gasteiger partial charge in [0.25, 0.3) is 5.91 Å². The summed E-state index contributed by atoms with van der Waals surface area (Å²) < 4.78 is 11.3. The van der Waals surface area contributed by atoms with Gasteiger partial charge in [0.1, 0.15) is 18.4 Å². The highest BCUT2D eigenvalue weighted by atomic mass is 32.1. The average molecular weight is 374 g/mol. The third kappa shape index (κ3) is 5.06. The van der Waals surface area contributed by atoms with Crippen LogP contribution in [0.5, 0.6) is 5.75 Å². The number of thiophene rings is 1. The lowest BCUT2D eigenvalue weighted by molar-refractivity contribution is -0.117. The predicted molar refractivity (Wildman–Crippen MR) is 101 cm³/mol. The number of rotatable bonds is 7. The first-order valence-electron chi connectivity index (χ1n) is 8.61. The summed E-state index contributed by atoms with van der Waals surface area (Å²) >= 11 is 1.34. The van der Waals surface area contributed by atoms with Crippen LogP contribution in [0, 0.1) is 0 Å². The van der Waals surface area contributed by atoms with E-state index in [9.17, 15) is 9.59 Å². The fourth-order valence-corrected chi connectivity index (χ4v) is 3.25. The molecule has 0 aliphatic carbocycles. The van der Waals surface area contributed by atoms with E-state index in [1.807, 2.05) is 17.5 Å². The van der Waals surface area contributed by atoms with Crippen molar-refractivity contribution < 1.29 is 19.1 Å². The molecule has 1 aromatic heterocycles. The monoisotopic (exact) mass is 374 g/mol. The number of anilines is 1. The minimum atomic E-state index is -0.652. The molecule has 0 spiro atoms. The van der Waals surface area contributed by atoms with Gasteiger partial charge in [-0.05, 0) is 43.3 Å². The largest absolute Gasteiger partial charge is 0.491 e. The molecule has 1 aliphatic rings. The maximum Gasteiger partial charge on any atom is 0.261 e. The quantitative estimate of drug-likeness (QED) is 0.781. The Balaban J connectivity index is 1.51. The van der Waals surface area contributed by atoms with E-state index in [1.165, 1.54) is 11.3 Å². The number of hydrogen-bond acceptors (Lipinski definition) is 5. The maximum atomic E-state index is 12.3. The van der Waals surface area contributed by atoms with Gasteiger partial charge in [-0.25, -0.2) is 0 Å². The summed E-state index contributed by atoms with van der Waals surface area (Å²) in [5.74, 6) is 0.135. The van der Waals surface area contributed by atoms with Gasteiger partial charge in [0.15, 0.2) is 0 Å². The van der Waals surface area contributed by atoms with Crippen molar-refractivity contribution in [3.8, 4) is 5.75 Å². The van der Waals surface area contributed by atoms with E-state index in [1.54, 1.807) is 31.2 Å². The molecule has 0 radical (unpaired) electrons. The Bertz CT molecular complexity index is 742. The van der Waals surface area contributed by atoms with Crippen LogP contribution in [0.3, 0.4) is 0 Å². The first-order valence-corrected chi connectivity index (χ1v) is 9.49. The molecule has 26 heavy (non-hydrogen) atoms. The van der Waals surface area contributed by atoms with Crippen molar-refractivity contribution in [2.24, 2.45) is 0 Å². The Hall–Kier alpha value is -2.38. The van der Waals surface area contributed by atoms with Crippen molar-refractivity contribution in [3.05, 3.63) is 46.7 Å². The Morgan fingerprint density at radius 2 is 2.23 bits per heavy atom. The Morgan fingerprint density at radius 3 is 2.96 bits per heavy atom. The lowest BCUT2D eigenvalue weighted by Crippen LogP contribution is -2.41. The van der Waals surface area contributed by atoms with Crippen LogP contribution in [0.15, 0.2) is 41.8 Å². The lowest BCUT2D eigenvalue weighted by Gasteiger charge is -2.15. The molecule has 2 heterocycles. The Morgan fingerprint density at radius 1 is 1.35 bits per heavy atom. The van der Waals surface area contributed by atoms with E-state index in [2.05, 4.69) is 10.6 Å². The molecule has 2 atom stereocenters. The molecular formula is C19H22N2O4S. The Labute approximate surface area is 156 Å². The van der Waals surface area contributed by atoms with Gasteiger partial charge in [0.2, 0.25) is 5.91 Å². The zero-order valence-electron chi connectivity index (χ0n) is 14.6. The van der Waals surface area contributed by atoms with Crippen LogP contribution in [0.1, 0.15) is 29.4 Å². The van der Waals surface area contributed by atoms with Crippen molar-refractivity contribution in [2.45, 2.75) is 31.9 Å². The van der Waals surface area contributed by atoms with Gasteiger partial charge < -0.3 is 20.1 Å². The molecule has 2 amide bonds. The van der Waals surface area contributed by atoms with Gasteiger partial charge in [0, 0.05) is 18.4 Å². The molecule has 2 aromatic rings. The van der Waals surface area contributed by atoms with Crippen LogP contribution in [-0.4, -0.2) is 37.2 Å². The average Bonchev–Trinajstić information content (AvgIpc) is 3.34. The molecule has 1 aliphatic heterocycles. The van der Waals surface area contributed by atoms with Crippen molar-refractivity contribution in [1.29, 1.82) is 0 Å². The lowest BCUT2D eigenvalue weighted by atomic mass is 10.2. The highest BCUT2D eigenvalue weighted by molar-refractivity contribution is 7.12. The summed E-state index contributed by atoms with van der Waals surface area (Å²) in [4.78, 5) is 24.9. The SMILES string of the molecule is CC(NC(=O)c1cccs1)C(=O)Nc1cccc(OCC2CCCO2)c1. The van der Waals surface area contributed by atoms with E-state index < -0.39 is 6.04 Å². The topological polar surface area (TPSA) is 76.7 Å². The molecule has 1 aromatic carbocycles. The zero-order valence-corrected chi connectivity index (χ0v) is 15.4. The molecule has 6 nitrogen and oxygen atoms in total. The van der Waals surface area contributed by atoms with Crippen molar-refractivity contribution >= 4 is 28.8 Å². The fraction of sp³-hybridized carbons (Fsp3) is 0.368. The van der Waals surface area contributed by atoms with Crippen LogP contribution in [0.4, 0.5) is 5.69 Å². The van der Waals surface area contributed by atoms with Crippen molar-refractivity contribution in [2.75, 3.05) is 18.5 Å². The highest BCUT2D eigenvalue weighted by Gasteiger charge is 2.18. The van der Waals surface area contributed by atoms with E-state index in [4.69, 9.17) is 9.47 Å². The van der Waals surface area contributed by atoms with E-state index >= 15 is 0 Å². The fourth-order valence-electron chi connectivity index (χ4n) is 2.62. The molecule has 138 valence electrons. The number of carbonyl (C=O) groups is 2. The minimum absolute atomic E-state index is 0.140. The molecule has 7 heteroatoms. The van der Waals surface area contributed by atoms with Gasteiger partial charge in [-0.3, -0.25) is 9.59 Å². The number of amides is 2. The van der Waals surface area contributed by atoms with Gasteiger partial charge in [-0.1, -0.05) is 12.1 Å². The zero-order chi connectivity index (χ0) is 18.4. The maximum absolute atomic E-state index is 12.3. The van der Waals surface area contributed by atoms with E-state index in [-0.39, 0.29) is 17.9 Å². The number of benzene rings is 1. The van der Waals surface area contributed by atoms with Crippen molar-refractivity contribution in [3.63, 3.8) is 0 Å². The summed E-state index contributed by atoms with van der Waals surface area (Å²) in [6, 6.07) is 10.1. The molecule has 3 rings (SSSR count). The summed E-state index contributed by atoms with van der Waals surface area (Å²) in [6.45, 7) is 2.95. The van der Waals surface area contributed by atoms with Crippen LogP contribution in [0.2, 0.25) is 0 Å². The summed E-state index contributed by atoms with van der Waals surface area (Å²) in [6.07, 6.45) is 2.22. The second kappa shape index (κ2) is 8.82. The first-order chi connectivity index (χ1) is 12.6. The van der Waals surface area contributed by atoms with Crippen molar-refractivity contribution in [1.82, 2.24) is 5.32 Å². The third-order valence-corrected chi connectivity index (χ3v) is 4.92. The second-order valence-electron chi connectivity index (χ2n) is 6.14. The first kappa shape index (κ1) is 18.4. The van der Waals surface area contributed by atoms with Gasteiger partial charge in [-0.15, -0.1) is 11.3 Å². The van der Waals surface area contributed by atoms with E-state index in [0.29, 0.717) is 22.9 Å². The second-order valence-corrected chi connectivity index (χ2v) is 7.08.